The molecule has 0 fully saturated rings. The van der Waals surface area contributed by atoms with E-state index < -0.39 is 0 Å². The molecule has 2 aromatic carbocycles. The van der Waals surface area contributed by atoms with E-state index in [0.29, 0.717) is 11.3 Å². The summed E-state index contributed by atoms with van der Waals surface area (Å²) in [5.41, 5.74) is 8.52. The van der Waals surface area contributed by atoms with E-state index in [1.165, 1.54) is 0 Å². The lowest BCUT2D eigenvalue weighted by molar-refractivity contribution is 0.102. The maximum absolute atomic E-state index is 12.3. The highest BCUT2D eigenvalue weighted by molar-refractivity contribution is 9.10. The summed E-state index contributed by atoms with van der Waals surface area (Å²) >= 11 is 6.73. The van der Waals surface area contributed by atoms with E-state index in [0.717, 1.165) is 20.3 Å². The first-order valence-electron chi connectivity index (χ1n) is 6.21. The number of carbonyl (C=O) groups is 1. The lowest BCUT2D eigenvalue weighted by atomic mass is 10.1. The van der Waals surface area contributed by atoms with E-state index >= 15 is 0 Å². The smallest absolute Gasteiger partial charge is 0.255 e. The summed E-state index contributed by atoms with van der Waals surface area (Å²) in [6, 6.07) is 10.9. The average Bonchev–Trinajstić information content (AvgIpc) is 2.41. The number of anilines is 3. The van der Waals surface area contributed by atoms with Crippen LogP contribution in [-0.2, 0) is 0 Å². The van der Waals surface area contributed by atoms with Gasteiger partial charge in [-0.15, -0.1) is 0 Å². The van der Waals surface area contributed by atoms with Crippen LogP contribution in [0.25, 0.3) is 0 Å². The van der Waals surface area contributed by atoms with Gasteiger partial charge in [0.15, 0.2) is 0 Å². The van der Waals surface area contributed by atoms with E-state index in [4.69, 9.17) is 5.73 Å². The number of nitrogens with zero attached hydrogens (tertiary/aromatic N) is 1. The number of rotatable bonds is 3. The van der Waals surface area contributed by atoms with Gasteiger partial charge in [0.1, 0.15) is 0 Å². The zero-order valence-corrected chi connectivity index (χ0v) is 14.8. The number of nitrogens with two attached hydrogens (primary N) is 1. The van der Waals surface area contributed by atoms with Crippen LogP contribution in [0.15, 0.2) is 45.3 Å². The predicted molar refractivity (Wildman–Crippen MR) is 95.0 cm³/mol. The van der Waals surface area contributed by atoms with Gasteiger partial charge in [-0.3, -0.25) is 4.79 Å². The van der Waals surface area contributed by atoms with E-state index in [2.05, 4.69) is 37.2 Å². The Labute approximate surface area is 140 Å². The Morgan fingerprint density at radius 2 is 1.86 bits per heavy atom. The SMILES string of the molecule is CN(C)c1ccc(Br)cc1NC(=O)c1ccc(Br)c(N)c1. The molecule has 0 bridgehead atoms. The second-order valence-corrected chi connectivity index (χ2v) is 6.52. The number of carbonyl (C=O) groups excluding carboxylic acids is 1. The number of benzene rings is 2. The van der Waals surface area contributed by atoms with Gasteiger partial charge in [-0.25, -0.2) is 0 Å². The minimum atomic E-state index is -0.199. The van der Waals surface area contributed by atoms with Crippen molar-refractivity contribution in [1.82, 2.24) is 0 Å². The van der Waals surface area contributed by atoms with Gasteiger partial charge in [-0.1, -0.05) is 15.9 Å². The fourth-order valence-corrected chi connectivity index (χ4v) is 2.49. The first-order valence-corrected chi connectivity index (χ1v) is 7.80. The van der Waals surface area contributed by atoms with Gasteiger partial charge < -0.3 is 16.0 Å². The van der Waals surface area contributed by atoms with Crippen LogP contribution >= 0.6 is 31.9 Å². The molecule has 21 heavy (non-hydrogen) atoms. The van der Waals surface area contributed by atoms with Gasteiger partial charge in [0.25, 0.3) is 5.91 Å². The molecule has 0 saturated heterocycles. The number of nitrogen functional groups attached to an aromatic ring is 1. The molecule has 0 heterocycles. The molecule has 0 radical (unpaired) electrons. The van der Waals surface area contributed by atoms with E-state index in [9.17, 15) is 4.79 Å². The van der Waals surface area contributed by atoms with Crippen molar-refractivity contribution in [3.63, 3.8) is 0 Å². The Balaban J connectivity index is 2.30. The van der Waals surface area contributed by atoms with Crippen molar-refractivity contribution in [2.45, 2.75) is 0 Å². The minimum Gasteiger partial charge on any atom is -0.398 e. The van der Waals surface area contributed by atoms with Gasteiger partial charge in [0.05, 0.1) is 11.4 Å². The highest BCUT2D eigenvalue weighted by Crippen LogP contribution is 2.29. The molecule has 110 valence electrons. The first kappa shape index (κ1) is 15.9. The molecular formula is C15H15Br2N3O. The van der Waals surface area contributed by atoms with Gasteiger partial charge in [-0.05, 0) is 52.3 Å². The molecule has 2 aromatic rings. The Hall–Kier alpha value is -1.53. The van der Waals surface area contributed by atoms with Crippen molar-refractivity contribution in [2.24, 2.45) is 0 Å². The van der Waals surface area contributed by atoms with Crippen molar-refractivity contribution in [3.05, 3.63) is 50.9 Å². The number of halogens is 2. The van der Waals surface area contributed by atoms with Crippen LogP contribution in [0.4, 0.5) is 17.1 Å². The maximum Gasteiger partial charge on any atom is 0.255 e. The molecule has 0 aliphatic carbocycles. The second kappa shape index (κ2) is 6.49. The zero-order valence-electron chi connectivity index (χ0n) is 11.7. The number of hydrogen-bond acceptors (Lipinski definition) is 3. The first-order chi connectivity index (χ1) is 9.88. The van der Waals surface area contributed by atoms with Gasteiger partial charge in [0, 0.05) is 34.3 Å². The molecule has 4 nitrogen and oxygen atoms in total. The zero-order chi connectivity index (χ0) is 15.6. The van der Waals surface area contributed by atoms with E-state index in [1.54, 1.807) is 18.2 Å². The Morgan fingerprint density at radius 3 is 2.48 bits per heavy atom. The number of amides is 1. The summed E-state index contributed by atoms with van der Waals surface area (Å²) in [5.74, 6) is -0.199. The summed E-state index contributed by atoms with van der Waals surface area (Å²) in [5, 5.41) is 2.91. The number of nitrogens with one attached hydrogen (secondary N) is 1. The van der Waals surface area contributed by atoms with E-state index in [1.807, 2.05) is 37.2 Å². The summed E-state index contributed by atoms with van der Waals surface area (Å²) in [6.45, 7) is 0. The molecule has 0 aliphatic rings. The molecule has 3 N–H and O–H groups in total. The lowest BCUT2D eigenvalue weighted by Crippen LogP contribution is -2.17. The summed E-state index contributed by atoms with van der Waals surface area (Å²) in [7, 11) is 3.85. The highest BCUT2D eigenvalue weighted by atomic mass is 79.9. The molecule has 0 atom stereocenters. The third kappa shape index (κ3) is 3.77. The second-order valence-electron chi connectivity index (χ2n) is 4.75. The quantitative estimate of drug-likeness (QED) is 0.745. The Kier molecular flexibility index (Phi) is 4.90. The monoisotopic (exact) mass is 411 g/mol. The molecular weight excluding hydrogens is 398 g/mol. The number of hydrogen-bond donors (Lipinski definition) is 2. The molecule has 0 saturated carbocycles. The average molecular weight is 413 g/mol. The largest absolute Gasteiger partial charge is 0.398 e. The molecule has 0 aliphatic heterocycles. The molecule has 2 rings (SSSR count). The molecule has 0 unspecified atom stereocenters. The fourth-order valence-electron chi connectivity index (χ4n) is 1.88. The predicted octanol–water partition coefficient (Wildman–Crippen LogP) is 4.11. The third-order valence-electron chi connectivity index (χ3n) is 2.95. The Bertz CT molecular complexity index is 687. The van der Waals surface area contributed by atoms with Crippen LogP contribution in [0.1, 0.15) is 10.4 Å². The van der Waals surface area contributed by atoms with Crippen LogP contribution in [0.5, 0.6) is 0 Å². The third-order valence-corrected chi connectivity index (χ3v) is 4.16. The van der Waals surface area contributed by atoms with Crippen LogP contribution in [0, 0.1) is 0 Å². The Morgan fingerprint density at radius 1 is 1.14 bits per heavy atom. The normalized spacial score (nSPS) is 10.3. The van der Waals surface area contributed by atoms with Crippen LogP contribution in [0.3, 0.4) is 0 Å². The highest BCUT2D eigenvalue weighted by Gasteiger charge is 2.12. The van der Waals surface area contributed by atoms with Crippen molar-refractivity contribution < 1.29 is 4.79 Å². The lowest BCUT2D eigenvalue weighted by Gasteiger charge is -2.18. The summed E-state index contributed by atoms with van der Waals surface area (Å²) < 4.78 is 1.68. The van der Waals surface area contributed by atoms with Crippen molar-refractivity contribution in [2.75, 3.05) is 30.0 Å². The molecule has 0 spiro atoms. The van der Waals surface area contributed by atoms with Crippen LogP contribution in [0.2, 0.25) is 0 Å². The summed E-state index contributed by atoms with van der Waals surface area (Å²) in [6.07, 6.45) is 0. The standard InChI is InChI=1S/C15H15Br2N3O/c1-20(2)14-6-4-10(16)8-13(14)19-15(21)9-3-5-11(17)12(18)7-9/h3-8H,18H2,1-2H3,(H,19,21). The van der Waals surface area contributed by atoms with Gasteiger partial charge in [0.2, 0.25) is 0 Å². The van der Waals surface area contributed by atoms with Crippen molar-refractivity contribution in [1.29, 1.82) is 0 Å². The fraction of sp³-hybridized carbons (Fsp3) is 0.133. The maximum atomic E-state index is 12.3. The molecule has 0 aromatic heterocycles. The van der Waals surface area contributed by atoms with Crippen molar-refractivity contribution in [3.8, 4) is 0 Å². The molecule has 6 heteroatoms. The minimum absolute atomic E-state index is 0.199. The van der Waals surface area contributed by atoms with Crippen molar-refractivity contribution >= 4 is 54.8 Å². The molecule has 1 amide bonds. The van der Waals surface area contributed by atoms with Gasteiger partial charge in [-0.2, -0.15) is 0 Å². The van der Waals surface area contributed by atoms with E-state index in [-0.39, 0.29) is 5.91 Å². The topological polar surface area (TPSA) is 58.4 Å². The van der Waals surface area contributed by atoms with Crippen LogP contribution in [-0.4, -0.2) is 20.0 Å². The van der Waals surface area contributed by atoms with Crippen LogP contribution < -0.4 is 16.0 Å². The van der Waals surface area contributed by atoms with Gasteiger partial charge >= 0.3 is 0 Å². The summed E-state index contributed by atoms with van der Waals surface area (Å²) in [4.78, 5) is 14.3.